The third-order valence-electron chi connectivity index (χ3n) is 6.56. The smallest absolute Gasteiger partial charge is 0.256 e. The quantitative estimate of drug-likeness (QED) is 0.366. The van der Waals surface area contributed by atoms with Crippen molar-refractivity contribution in [2.45, 2.75) is 12.5 Å². The normalized spacial score (nSPS) is 15.9. The van der Waals surface area contributed by atoms with Gasteiger partial charge in [-0.3, -0.25) is 9.36 Å². The van der Waals surface area contributed by atoms with Gasteiger partial charge in [-0.2, -0.15) is 0 Å². The first kappa shape index (κ1) is 22.5. The second kappa shape index (κ2) is 9.16. The summed E-state index contributed by atoms with van der Waals surface area (Å²) in [6.45, 7) is 2.06. The molecule has 1 saturated heterocycles. The Bertz CT molecular complexity index is 1350. The minimum absolute atomic E-state index is 0.176. The Labute approximate surface area is 207 Å². The second-order valence-corrected chi connectivity index (χ2v) is 9.78. The molecule has 34 heavy (non-hydrogen) atoms. The minimum atomic E-state index is -0.193. The fourth-order valence-electron chi connectivity index (χ4n) is 4.53. The summed E-state index contributed by atoms with van der Waals surface area (Å²) >= 11 is 3.53. The number of aromatic nitrogens is 1. The first-order valence-corrected chi connectivity index (χ1v) is 12.1. The number of carbonyl (C=O) groups excluding carboxylic acids is 1. The highest BCUT2D eigenvalue weighted by Crippen LogP contribution is 2.32. The van der Waals surface area contributed by atoms with Crippen LogP contribution >= 0.6 is 15.9 Å². The van der Waals surface area contributed by atoms with Gasteiger partial charge in [-0.1, -0.05) is 18.2 Å². The van der Waals surface area contributed by atoms with Gasteiger partial charge in [0.2, 0.25) is 5.88 Å². The van der Waals surface area contributed by atoms with E-state index in [2.05, 4.69) is 57.3 Å². The average Bonchev–Trinajstić information content (AvgIpc) is 3.45. The fourth-order valence-corrected chi connectivity index (χ4v) is 5.08. The first-order chi connectivity index (χ1) is 16.4. The lowest BCUT2D eigenvalue weighted by atomic mass is 10.2. The third-order valence-corrected chi connectivity index (χ3v) is 7.21. The molecule has 2 N–H and O–H groups in total. The van der Waals surface area contributed by atoms with Crippen molar-refractivity contribution in [1.82, 2.24) is 9.47 Å². The summed E-state index contributed by atoms with van der Waals surface area (Å²) < 4.78 is 2.37. The third kappa shape index (κ3) is 4.29. The molecule has 1 aromatic heterocycles. The van der Waals surface area contributed by atoms with E-state index < -0.39 is 0 Å². The van der Waals surface area contributed by atoms with Gasteiger partial charge in [0.25, 0.3) is 5.91 Å². The molecule has 0 spiro atoms. The predicted molar refractivity (Wildman–Crippen MR) is 141 cm³/mol. The van der Waals surface area contributed by atoms with Crippen molar-refractivity contribution in [3.63, 3.8) is 0 Å². The van der Waals surface area contributed by atoms with Gasteiger partial charge in [0.05, 0.1) is 5.56 Å². The Balaban J connectivity index is 1.30. The number of aromatic hydroxyl groups is 1. The van der Waals surface area contributed by atoms with Crippen LogP contribution in [0.3, 0.4) is 0 Å². The highest BCUT2D eigenvalue weighted by Gasteiger charge is 2.24. The molecule has 1 atom stereocenters. The van der Waals surface area contributed by atoms with E-state index in [0.29, 0.717) is 16.1 Å². The molecule has 1 aliphatic rings. The Kier molecular flexibility index (Phi) is 6.06. The van der Waals surface area contributed by atoms with E-state index in [1.165, 1.54) is 5.69 Å². The van der Waals surface area contributed by atoms with Gasteiger partial charge in [-0.05, 0) is 85.0 Å². The molecule has 0 aliphatic carbocycles. The molecule has 2 heterocycles. The van der Waals surface area contributed by atoms with Crippen LogP contribution < -0.4 is 10.2 Å². The van der Waals surface area contributed by atoms with Crippen LogP contribution in [-0.2, 0) is 0 Å². The summed E-state index contributed by atoms with van der Waals surface area (Å²) in [6, 6.07) is 21.7. The van der Waals surface area contributed by atoms with Gasteiger partial charge >= 0.3 is 0 Å². The van der Waals surface area contributed by atoms with Crippen LogP contribution in [-0.4, -0.2) is 53.7 Å². The summed E-state index contributed by atoms with van der Waals surface area (Å²) in [6.07, 6.45) is 3.04. The van der Waals surface area contributed by atoms with Crippen molar-refractivity contribution in [2.24, 2.45) is 0 Å². The standard InChI is InChI=1S/C27H27BrN4O2/c1-30(2)22-13-14-31(17-22)20-9-7-19(8-10-20)29-26(33)24-12-11-21(15-25(24)28)32-16-18-5-3-4-6-23(18)27(32)34/h3-12,15-16,22,34H,13-14,17H2,1-2H3,(H,29,33). The fraction of sp³-hybridized carbons (Fsp3) is 0.222. The minimum Gasteiger partial charge on any atom is -0.494 e. The molecule has 0 radical (unpaired) electrons. The molecule has 6 nitrogen and oxygen atoms in total. The number of halogens is 1. The maximum absolute atomic E-state index is 12.9. The van der Waals surface area contributed by atoms with Crippen LogP contribution in [0.1, 0.15) is 16.8 Å². The van der Waals surface area contributed by atoms with E-state index >= 15 is 0 Å². The molecule has 174 valence electrons. The zero-order valence-corrected chi connectivity index (χ0v) is 20.8. The number of fused-ring (bicyclic) bond motifs is 1. The average molecular weight is 519 g/mol. The number of nitrogens with one attached hydrogen (secondary N) is 1. The van der Waals surface area contributed by atoms with Crippen LogP contribution in [0.15, 0.2) is 77.4 Å². The summed E-state index contributed by atoms with van der Waals surface area (Å²) in [5, 5.41) is 15.3. The lowest BCUT2D eigenvalue weighted by Gasteiger charge is -2.22. The zero-order chi connectivity index (χ0) is 23.8. The zero-order valence-electron chi connectivity index (χ0n) is 19.2. The van der Waals surface area contributed by atoms with E-state index in [0.717, 1.165) is 41.7 Å². The Hall–Kier alpha value is -3.29. The number of benzene rings is 3. The van der Waals surface area contributed by atoms with Crippen LogP contribution in [0.2, 0.25) is 0 Å². The van der Waals surface area contributed by atoms with Crippen LogP contribution in [0.4, 0.5) is 11.4 Å². The molecular formula is C27H27BrN4O2. The van der Waals surface area contributed by atoms with Gasteiger partial charge in [-0.15, -0.1) is 0 Å². The number of likely N-dealkylation sites (N-methyl/N-ethyl adjacent to an activating group) is 1. The van der Waals surface area contributed by atoms with E-state index in [1.54, 1.807) is 10.6 Å². The number of hydrogen-bond donors (Lipinski definition) is 2. The number of anilines is 2. The molecule has 7 heteroatoms. The molecule has 1 amide bonds. The monoisotopic (exact) mass is 518 g/mol. The Morgan fingerprint density at radius 3 is 2.47 bits per heavy atom. The summed E-state index contributed by atoms with van der Waals surface area (Å²) in [5.74, 6) is -0.0170. The van der Waals surface area contributed by atoms with Crippen molar-refractivity contribution in [3.8, 4) is 11.6 Å². The van der Waals surface area contributed by atoms with Crippen molar-refractivity contribution in [3.05, 3.63) is 83.0 Å². The van der Waals surface area contributed by atoms with Gasteiger partial charge in [0.15, 0.2) is 0 Å². The highest BCUT2D eigenvalue weighted by molar-refractivity contribution is 9.10. The van der Waals surface area contributed by atoms with Gasteiger partial charge in [0.1, 0.15) is 0 Å². The number of amides is 1. The lowest BCUT2D eigenvalue weighted by molar-refractivity contribution is 0.102. The number of hydrogen-bond acceptors (Lipinski definition) is 4. The predicted octanol–water partition coefficient (Wildman–Crippen LogP) is 5.49. The first-order valence-electron chi connectivity index (χ1n) is 11.3. The van der Waals surface area contributed by atoms with Crippen molar-refractivity contribution >= 4 is 44.0 Å². The van der Waals surface area contributed by atoms with Crippen molar-refractivity contribution in [1.29, 1.82) is 0 Å². The van der Waals surface area contributed by atoms with Gasteiger partial charge in [0, 0.05) is 57.6 Å². The molecule has 5 rings (SSSR count). The maximum atomic E-state index is 12.9. The molecule has 4 aromatic rings. The number of nitrogens with zero attached hydrogens (tertiary/aromatic N) is 3. The molecule has 0 bridgehead atoms. The van der Waals surface area contributed by atoms with Crippen LogP contribution in [0.25, 0.3) is 16.5 Å². The van der Waals surface area contributed by atoms with Crippen LogP contribution in [0.5, 0.6) is 5.88 Å². The number of rotatable bonds is 5. The second-order valence-electron chi connectivity index (χ2n) is 8.93. The largest absolute Gasteiger partial charge is 0.494 e. The molecule has 1 aliphatic heterocycles. The Morgan fingerprint density at radius 2 is 1.79 bits per heavy atom. The van der Waals surface area contributed by atoms with Gasteiger partial charge in [-0.25, -0.2) is 0 Å². The van der Waals surface area contributed by atoms with E-state index in [4.69, 9.17) is 0 Å². The SMILES string of the molecule is CN(C)C1CCN(c2ccc(NC(=O)c3ccc(-n4cc5ccccc5c4O)cc3Br)cc2)C1. The summed E-state index contributed by atoms with van der Waals surface area (Å²) in [4.78, 5) is 17.6. The summed E-state index contributed by atoms with van der Waals surface area (Å²) in [7, 11) is 4.25. The molecular weight excluding hydrogens is 492 g/mol. The van der Waals surface area contributed by atoms with Crippen LogP contribution in [0, 0.1) is 0 Å². The Morgan fingerprint density at radius 1 is 1.06 bits per heavy atom. The topological polar surface area (TPSA) is 60.7 Å². The molecule has 1 fully saturated rings. The van der Waals surface area contributed by atoms with Crippen molar-refractivity contribution < 1.29 is 9.90 Å². The van der Waals surface area contributed by atoms with E-state index in [-0.39, 0.29) is 11.8 Å². The highest BCUT2D eigenvalue weighted by atomic mass is 79.9. The van der Waals surface area contributed by atoms with E-state index in [1.807, 2.05) is 54.7 Å². The maximum Gasteiger partial charge on any atom is 0.256 e. The molecule has 1 unspecified atom stereocenters. The molecule has 3 aromatic carbocycles. The lowest BCUT2D eigenvalue weighted by Crippen LogP contribution is -2.31. The molecule has 0 saturated carbocycles. The summed E-state index contributed by atoms with van der Waals surface area (Å²) in [5.41, 5.74) is 3.22. The number of carbonyl (C=O) groups is 1. The van der Waals surface area contributed by atoms with Gasteiger partial charge < -0.3 is 20.2 Å². The van der Waals surface area contributed by atoms with Crippen molar-refractivity contribution in [2.75, 3.05) is 37.4 Å². The van der Waals surface area contributed by atoms with E-state index in [9.17, 15) is 9.90 Å².